The van der Waals surface area contributed by atoms with Crippen molar-refractivity contribution in [1.29, 1.82) is 0 Å². The van der Waals surface area contributed by atoms with Gasteiger partial charge >= 0.3 is 29.6 Å². The molecule has 0 saturated carbocycles. The predicted molar refractivity (Wildman–Crippen MR) is 170 cm³/mol. The van der Waals surface area contributed by atoms with Gasteiger partial charge in [-0.05, 0) is 97.9 Å². The van der Waals surface area contributed by atoms with Crippen molar-refractivity contribution in [2.45, 2.75) is 16.7 Å². The molecule has 1 heterocycles. The van der Waals surface area contributed by atoms with Gasteiger partial charge in [0.25, 0.3) is 26.1 Å². The minimum absolute atomic E-state index is 0. The Labute approximate surface area is 300 Å². The standard InChI is InChI=1S/C29H22ClN7O8S2.Na/c1-17-27(29(39)37(36-17)26-16-24(47(43,44)45)14-15-25(26)30)35-34-20-4-2-18(3-5-20)28(38)31-19-6-8-21(9-7-19)32-33-22-10-12-23(13-11-22)46(40,41)42;/h2-16,39H,1H3,(H,31,38)(H,40,41,42)(H,43,44,45);/q;+1. The number of benzene rings is 4. The van der Waals surface area contributed by atoms with E-state index in [0.29, 0.717) is 28.3 Å². The smallest absolute Gasteiger partial charge is 0.492 e. The number of aromatic nitrogens is 2. The summed E-state index contributed by atoms with van der Waals surface area (Å²) in [7, 11) is -8.84. The molecule has 0 fully saturated rings. The van der Waals surface area contributed by atoms with E-state index in [4.69, 9.17) is 16.2 Å². The number of aromatic hydroxyl groups is 1. The topological polar surface area (TPSA) is 225 Å². The van der Waals surface area contributed by atoms with Crippen LogP contribution in [0.5, 0.6) is 5.88 Å². The minimum Gasteiger partial charge on any atom is -0.492 e. The fraction of sp³-hybridized carbons (Fsp3) is 0.0345. The third kappa shape index (κ3) is 8.77. The molecule has 0 aliphatic rings. The molecule has 0 atom stereocenters. The van der Waals surface area contributed by atoms with E-state index in [1.54, 1.807) is 31.2 Å². The number of aryl methyl sites for hydroxylation is 1. The van der Waals surface area contributed by atoms with Gasteiger partial charge in [0.15, 0.2) is 5.69 Å². The Kier molecular flexibility index (Phi) is 11.3. The molecule has 4 aromatic carbocycles. The average molecular weight is 719 g/mol. The number of hydrogen-bond donors (Lipinski definition) is 4. The van der Waals surface area contributed by atoms with Crippen LogP contribution in [0.4, 0.5) is 28.4 Å². The molecule has 240 valence electrons. The third-order valence-corrected chi connectivity index (χ3v) is 8.42. The van der Waals surface area contributed by atoms with Crippen LogP contribution in [0.25, 0.3) is 5.69 Å². The van der Waals surface area contributed by atoms with E-state index >= 15 is 0 Å². The molecular formula is C29H22ClN7NaO8S2+. The molecule has 15 nitrogen and oxygen atoms in total. The van der Waals surface area contributed by atoms with Crippen LogP contribution in [0.3, 0.4) is 0 Å². The van der Waals surface area contributed by atoms with Gasteiger partial charge in [0.1, 0.15) is 0 Å². The first-order chi connectivity index (χ1) is 22.2. The van der Waals surface area contributed by atoms with E-state index in [1.165, 1.54) is 54.6 Å². The number of nitrogens with zero attached hydrogens (tertiary/aromatic N) is 6. The molecule has 48 heavy (non-hydrogen) atoms. The zero-order valence-corrected chi connectivity index (χ0v) is 29.3. The Balaban J connectivity index is 0.00000520. The second-order valence-corrected chi connectivity index (χ2v) is 12.9. The van der Waals surface area contributed by atoms with Crippen LogP contribution in [0.15, 0.2) is 121 Å². The molecule has 5 rings (SSSR count). The van der Waals surface area contributed by atoms with Crippen LogP contribution >= 0.6 is 11.6 Å². The molecule has 0 aliphatic carbocycles. The molecule has 0 aliphatic heterocycles. The first kappa shape index (κ1) is 36.5. The molecule has 5 aromatic rings. The van der Waals surface area contributed by atoms with Gasteiger partial charge in [-0.1, -0.05) is 11.6 Å². The summed E-state index contributed by atoms with van der Waals surface area (Å²) in [5.41, 5.74) is 2.22. The summed E-state index contributed by atoms with van der Waals surface area (Å²) in [5, 5.41) is 33.9. The van der Waals surface area contributed by atoms with E-state index in [2.05, 4.69) is 30.9 Å². The van der Waals surface area contributed by atoms with Gasteiger partial charge in [0.05, 0.1) is 43.3 Å². The van der Waals surface area contributed by atoms with Crippen LogP contribution in [-0.4, -0.2) is 46.7 Å². The maximum Gasteiger partial charge on any atom is 1.00 e. The van der Waals surface area contributed by atoms with Gasteiger partial charge in [-0.3, -0.25) is 13.9 Å². The number of rotatable bonds is 9. The van der Waals surface area contributed by atoms with E-state index in [9.17, 15) is 31.3 Å². The average Bonchev–Trinajstić information content (AvgIpc) is 3.31. The number of anilines is 1. The summed E-state index contributed by atoms with van der Waals surface area (Å²) >= 11 is 6.17. The first-order valence-corrected chi connectivity index (χ1v) is 16.4. The number of hydrogen-bond acceptors (Lipinski definition) is 11. The Bertz CT molecular complexity index is 2260. The minimum atomic E-state index is -4.54. The fourth-order valence-corrected chi connectivity index (χ4v) is 5.19. The molecular weight excluding hydrogens is 697 g/mol. The fourth-order valence-electron chi connectivity index (χ4n) is 4.01. The molecule has 0 radical (unpaired) electrons. The van der Waals surface area contributed by atoms with E-state index in [0.717, 1.165) is 16.8 Å². The van der Waals surface area contributed by atoms with Crippen LogP contribution in [0, 0.1) is 6.92 Å². The molecule has 0 saturated heterocycles. The summed E-state index contributed by atoms with van der Waals surface area (Å²) in [4.78, 5) is 12.1. The maximum atomic E-state index is 12.8. The maximum absolute atomic E-state index is 12.8. The number of carbonyl (C=O) groups is 1. The molecule has 0 spiro atoms. The summed E-state index contributed by atoms with van der Waals surface area (Å²) in [6.07, 6.45) is 0. The van der Waals surface area contributed by atoms with Crippen molar-refractivity contribution in [1.82, 2.24) is 9.78 Å². The predicted octanol–water partition coefficient (Wildman–Crippen LogP) is 4.12. The van der Waals surface area contributed by atoms with Gasteiger partial charge in [-0.25, -0.2) is 0 Å². The van der Waals surface area contributed by atoms with Crippen molar-refractivity contribution in [2.24, 2.45) is 20.5 Å². The zero-order chi connectivity index (χ0) is 33.9. The van der Waals surface area contributed by atoms with Crippen LogP contribution < -0.4 is 34.9 Å². The molecule has 4 N–H and O–H groups in total. The molecule has 19 heteroatoms. The summed E-state index contributed by atoms with van der Waals surface area (Å²) in [6, 6.07) is 21.2. The Morgan fingerprint density at radius 3 is 1.77 bits per heavy atom. The molecule has 1 aromatic heterocycles. The van der Waals surface area contributed by atoms with Crippen LogP contribution in [0.2, 0.25) is 5.02 Å². The number of nitrogens with one attached hydrogen (secondary N) is 1. The number of azo groups is 2. The van der Waals surface area contributed by atoms with Crippen molar-refractivity contribution in [3.63, 3.8) is 0 Å². The largest absolute Gasteiger partial charge is 1.00 e. The Morgan fingerprint density at radius 1 is 0.750 bits per heavy atom. The zero-order valence-electron chi connectivity index (χ0n) is 24.9. The van der Waals surface area contributed by atoms with Crippen molar-refractivity contribution in [3.8, 4) is 11.6 Å². The normalized spacial score (nSPS) is 11.9. The summed E-state index contributed by atoms with van der Waals surface area (Å²) in [5.74, 6) is -0.876. The van der Waals surface area contributed by atoms with Gasteiger partial charge in [-0.2, -0.15) is 42.0 Å². The second kappa shape index (κ2) is 14.8. The Morgan fingerprint density at radius 2 is 1.23 bits per heavy atom. The van der Waals surface area contributed by atoms with Crippen LogP contribution in [0.1, 0.15) is 16.1 Å². The SMILES string of the molecule is Cc1nn(-c2cc(S(=O)(=O)O)ccc2Cl)c(O)c1N=Nc1ccc(C(=O)Nc2ccc(N=Nc3ccc(S(=O)(=O)O)cc3)cc2)cc1.[Na+]. The van der Waals surface area contributed by atoms with E-state index < -0.39 is 36.9 Å². The van der Waals surface area contributed by atoms with E-state index in [1.807, 2.05) is 0 Å². The number of amides is 1. The quantitative estimate of drug-likeness (QED) is 0.0975. The monoisotopic (exact) mass is 718 g/mol. The first-order valence-electron chi connectivity index (χ1n) is 13.2. The number of halogens is 1. The summed E-state index contributed by atoms with van der Waals surface area (Å²) < 4.78 is 64.7. The van der Waals surface area contributed by atoms with E-state index in [-0.39, 0.29) is 56.5 Å². The third-order valence-electron chi connectivity index (χ3n) is 6.38. The van der Waals surface area contributed by atoms with Crippen molar-refractivity contribution >= 4 is 66.2 Å². The Hall–Kier alpha value is -4.33. The van der Waals surface area contributed by atoms with Crippen molar-refractivity contribution in [2.75, 3.05) is 5.32 Å². The van der Waals surface area contributed by atoms with Crippen LogP contribution in [-0.2, 0) is 20.2 Å². The van der Waals surface area contributed by atoms with Crippen molar-refractivity contribution in [3.05, 3.63) is 107 Å². The van der Waals surface area contributed by atoms with Gasteiger partial charge < -0.3 is 10.4 Å². The number of carbonyl (C=O) groups excluding carboxylic acids is 1. The molecule has 1 amide bonds. The molecule has 0 unspecified atom stereocenters. The second-order valence-electron chi connectivity index (χ2n) is 9.67. The van der Waals surface area contributed by atoms with Gasteiger partial charge in [0, 0.05) is 11.3 Å². The summed E-state index contributed by atoms with van der Waals surface area (Å²) in [6.45, 7) is 1.54. The van der Waals surface area contributed by atoms with Crippen molar-refractivity contribution < 1.29 is 65.4 Å². The van der Waals surface area contributed by atoms with Gasteiger partial charge in [-0.15, -0.1) is 5.11 Å². The van der Waals surface area contributed by atoms with Gasteiger partial charge in [0.2, 0.25) is 5.88 Å². The molecule has 0 bridgehead atoms.